The number of benzene rings is 2. The molecular formula is C46H62N4O12. The van der Waals surface area contributed by atoms with Crippen LogP contribution in [0.15, 0.2) is 46.1 Å². The molecule has 4 bridgehead atoms. The molecule has 0 radical (unpaired) electrons. The van der Waals surface area contributed by atoms with Crippen LogP contribution in [0.2, 0.25) is 0 Å². The summed E-state index contributed by atoms with van der Waals surface area (Å²) in [4.78, 5) is 53.7. The molecule has 6 N–H and O–H groups in total. The lowest BCUT2D eigenvalue weighted by Gasteiger charge is -2.38. The Bertz CT molecular complexity index is 2320. The van der Waals surface area contributed by atoms with Gasteiger partial charge in [-0.25, -0.2) is 0 Å². The minimum absolute atomic E-state index is 0.0173. The SMILES string of the molecule is CO[C@H]1/C=C\O[C@@]2(C)Oc3c(C)c(O)c4c(O)c(c5c(c4c3C2=O)=NC2(CCN(CC(C)C)CC2)N=5)NC(=O)/C(C)=C\C=C/[C@H](CO)[C@H](O)[C@@H](C)[C@@H](O)[C@@H](C)[C@H](OC(C)=O)[C@@H]1C. The van der Waals surface area contributed by atoms with Gasteiger partial charge in [-0.1, -0.05) is 52.8 Å². The van der Waals surface area contributed by atoms with Crippen LogP contribution in [0.5, 0.6) is 17.2 Å². The second-order valence-corrected chi connectivity index (χ2v) is 17.9. The number of hydrogen-bond donors (Lipinski definition) is 6. The maximum Gasteiger partial charge on any atom is 0.312 e. The Labute approximate surface area is 361 Å². The number of fused-ring (bicyclic) bond motifs is 1. The summed E-state index contributed by atoms with van der Waals surface area (Å²) in [6.45, 7) is 16.9. The molecule has 4 aliphatic rings. The van der Waals surface area contributed by atoms with Crippen LogP contribution in [0, 0.1) is 36.5 Å². The summed E-state index contributed by atoms with van der Waals surface area (Å²) >= 11 is 0. The van der Waals surface area contributed by atoms with Crippen LogP contribution in [-0.4, -0.2) is 117 Å². The Hall–Kier alpha value is -4.87. The molecule has 16 heteroatoms. The molecule has 0 aromatic heterocycles. The summed E-state index contributed by atoms with van der Waals surface area (Å²) in [6, 6.07) is 0. The van der Waals surface area contributed by atoms with Crippen molar-refractivity contribution < 1.29 is 58.9 Å². The van der Waals surface area contributed by atoms with Crippen molar-refractivity contribution in [2.24, 2.45) is 39.6 Å². The Morgan fingerprint density at radius 1 is 0.984 bits per heavy atom. The van der Waals surface area contributed by atoms with E-state index in [-0.39, 0.29) is 49.6 Å². The average molecular weight is 863 g/mol. The number of phenols is 2. The highest BCUT2D eigenvalue weighted by Gasteiger charge is 2.50. The highest BCUT2D eigenvalue weighted by molar-refractivity contribution is 6.19. The molecule has 2 aromatic rings. The van der Waals surface area contributed by atoms with Crippen molar-refractivity contribution in [3.63, 3.8) is 0 Å². The van der Waals surface area contributed by atoms with Gasteiger partial charge in [0.1, 0.15) is 28.6 Å². The summed E-state index contributed by atoms with van der Waals surface area (Å²) in [7, 11) is 1.44. The topological polar surface area (TPSA) is 229 Å². The molecule has 16 nitrogen and oxygen atoms in total. The number of nitrogens with zero attached hydrogens (tertiary/aromatic N) is 3. The zero-order chi connectivity index (χ0) is 45.6. The molecule has 338 valence electrons. The monoisotopic (exact) mass is 862 g/mol. The number of carbonyl (C=O) groups is 3. The molecule has 0 unspecified atom stereocenters. The van der Waals surface area contributed by atoms with Crippen LogP contribution >= 0.6 is 0 Å². The lowest BCUT2D eigenvalue weighted by atomic mass is 9.78. The van der Waals surface area contributed by atoms with E-state index in [2.05, 4.69) is 24.1 Å². The van der Waals surface area contributed by atoms with Gasteiger partial charge in [-0.15, -0.1) is 0 Å². The Balaban J connectivity index is 1.55. The number of phenolic OH excluding ortho intramolecular Hbond substituents is 2. The molecule has 9 atom stereocenters. The average Bonchev–Trinajstić information content (AvgIpc) is 3.73. The van der Waals surface area contributed by atoms with Gasteiger partial charge in [0.25, 0.3) is 11.7 Å². The first-order valence-electron chi connectivity index (χ1n) is 21.4. The van der Waals surface area contributed by atoms with E-state index in [1.54, 1.807) is 20.8 Å². The largest absolute Gasteiger partial charge is 0.507 e. The van der Waals surface area contributed by atoms with Crippen LogP contribution in [0.4, 0.5) is 5.69 Å². The highest BCUT2D eigenvalue weighted by Crippen LogP contribution is 2.50. The number of likely N-dealkylation sites (tertiary alicyclic amines) is 1. The van der Waals surface area contributed by atoms with Crippen LogP contribution < -0.4 is 20.8 Å². The number of methoxy groups -OCH3 is 1. The number of nitrogens with one attached hydrogen (secondary N) is 1. The minimum Gasteiger partial charge on any atom is -0.507 e. The van der Waals surface area contributed by atoms with Gasteiger partial charge < -0.3 is 54.7 Å². The number of rotatable bonds is 5. The van der Waals surface area contributed by atoms with Crippen molar-refractivity contribution >= 4 is 34.1 Å². The fraction of sp³-hybridized carbons (Fsp3) is 0.587. The second kappa shape index (κ2) is 18.1. The summed E-state index contributed by atoms with van der Waals surface area (Å²) in [5.74, 6) is -7.34. The van der Waals surface area contributed by atoms with E-state index in [4.69, 9.17) is 28.9 Å². The zero-order valence-electron chi connectivity index (χ0n) is 37.3. The van der Waals surface area contributed by atoms with Gasteiger partial charge in [-0.2, -0.15) is 0 Å². The normalized spacial score (nSPS) is 32.3. The zero-order valence-corrected chi connectivity index (χ0v) is 37.3. The number of anilines is 1. The number of esters is 1. The van der Waals surface area contributed by atoms with Crippen LogP contribution in [-0.2, 0) is 23.8 Å². The first kappa shape index (κ1) is 46.6. The molecule has 6 rings (SSSR count). The molecular weight excluding hydrogens is 801 g/mol. The number of Topliss-reactive ketones (excluding diaryl/α,β-unsaturated/α-hetero) is 1. The van der Waals surface area contributed by atoms with Gasteiger partial charge in [0.2, 0.25) is 0 Å². The first-order chi connectivity index (χ1) is 29.2. The second-order valence-electron chi connectivity index (χ2n) is 17.9. The van der Waals surface area contributed by atoms with Crippen molar-refractivity contribution in [2.45, 2.75) is 111 Å². The molecule has 1 amide bonds. The molecule has 1 saturated heterocycles. The fourth-order valence-electron chi connectivity index (χ4n) is 9.25. The maximum atomic E-state index is 14.7. The Morgan fingerprint density at radius 2 is 1.65 bits per heavy atom. The van der Waals surface area contributed by atoms with Crippen LogP contribution in [0.3, 0.4) is 0 Å². The highest BCUT2D eigenvalue weighted by atomic mass is 16.7. The number of ether oxygens (including phenoxy) is 4. The molecule has 1 spiro atoms. The van der Waals surface area contributed by atoms with E-state index < -0.39 is 95.3 Å². The number of hydrogen-bond acceptors (Lipinski definition) is 15. The number of piperidine rings is 1. The maximum absolute atomic E-state index is 14.7. The first-order valence-corrected chi connectivity index (χ1v) is 21.4. The van der Waals surface area contributed by atoms with Gasteiger partial charge in [0, 0.05) is 93.6 Å². The van der Waals surface area contributed by atoms with Crippen LogP contribution in [0.25, 0.3) is 10.8 Å². The number of ketones is 1. The van der Waals surface area contributed by atoms with E-state index in [0.717, 1.165) is 6.54 Å². The standard InChI is InChI=1S/C46H62N4O12/c1-22(2)20-50-17-15-46(16-18-50)48-34-31-32-39(55)27(7)42-33(31)43(57)45(9,62-42)60-19-14-30(59-10)24(4)41(61-28(8)52)26(6)37(53)25(5)38(54)29(21-51)13-11-12-23(3)44(58)47-36(40(32)56)35(34)49-46/h11-14,19,22,24-26,29-30,37-38,41,51,53-56H,15-18,20-21H2,1-10H3,(H,47,58)/b13-11-,19-14-,23-12-/t24-,25+,26-,29-,30+,37-,38-,41-,45+/m1/s1. The predicted octanol–water partition coefficient (Wildman–Crippen LogP) is 3.72. The lowest BCUT2D eigenvalue weighted by Crippen LogP contribution is -2.47. The molecule has 1 fully saturated rings. The van der Waals surface area contributed by atoms with Gasteiger partial charge >= 0.3 is 11.8 Å². The minimum atomic E-state index is -1.98. The van der Waals surface area contributed by atoms with Crippen LogP contribution in [0.1, 0.15) is 84.2 Å². The molecule has 62 heavy (non-hydrogen) atoms. The van der Waals surface area contributed by atoms with E-state index >= 15 is 0 Å². The molecule has 4 heterocycles. The third-order valence-corrected chi connectivity index (χ3v) is 12.9. The van der Waals surface area contributed by atoms with Gasteiger partial charge in [-0.05, 0) is 25.8 Å². The van der Waals surface area contributed by atoms with Gasteiger partial charge in [0.05, 0.1) is 47.5 Å². The van der Waals surface area contributed by atoms with Crippen molar-refractivity contribution in [3.05, 3.63) is 58.0 Å². The van der Waals surface area contributed by atoms with Gasteiger partial charge in [-0.3, -0.25) is 24.4 Å². The number of carbonyl (C=O) groups excluding carboxylic acids is 3. The van der Waals surface area contributed by atoms with Crippen molar-refractivity contribution in [2.75, 3.05) is 38.7 Å². The van der Waals surface area contributed by atoms with Crippen molar-refractivity contribution in [1.29, 1.82) is 0 Å². The summed E-state index contributed by atoms with van der Waals surface area (Å²) in [5.41, 5.74) is -0.747. The fourth-order valence-corrected chi connectivity index (χ4v) is 9.25. The predicted molar refractivity (Wildman–Crippen MR) is 229 cm³/mol. The number of aliphatic hydroxyl groups excluding tert-OH is 3. The third kappa shape index (κ3) is 8.59. The quantitative estimate of drug-likeness (QED) is 0.186. The smallest absolute Gasteiger partial charge is 0.312 e. The number of allylic oxidation sites excluding steroid dienone is 2. The third-order valence-electron chi connectivity index (χ3n) is 12.9. The Kier molecular flexibility index (Phi) is 13.6. The lowest BCUT2D eigenvalue weighted by molar-refractivity contribution is -0.160. The van der Waals surface area contributed by atoms with E-state index in [1.807, 2.05) is 0 Å². The summed E-state index contributed by atoms with van der Waals surface area (Å²) in [5, 5.41) is 60.4. The Morgan fingerprint density at radius 3 is 2.26 bits per heavy atom. The number of aromatic hydroxyl groups is 2. The van der Waals surface area contributed by atoms with E-state index in [9.17, 15) is 39.9 Å². The molecule has 0 saturated carbocycles. The van der Waals surface area contributed by atoms with Crippen molar-refractivity contribution in [1.82, 2.24) is 4.90 Å². The molecule has 4 aliphatic heterocycles. The summed E-state index contributed by atoms with van der Waals surface area (Å²) in [6.07, 6.45) is 4.08. The van der Waals surface area contributed by atoms with Gasteiger partial charge in [0.15, 0.2) is 11.4 Å². The molecule has 2 aromatic carbocycles. The number of aliphatic hydroxyl groups is 3. The molecule has 0 aliphatic carbocycles. The van der Waals surface area contributed by atoms with Crippen molar-refractivity contribution in [3.8, 4) is 17.2 Å². The number of amides is 1. The van der Waals surface area contributed by atoms with E-state index in [1.165, 1.54) is 65.4 Å². The van der Waals surface area contributed by atoms with E-state index in [0.29, 0.717) is 31.8 Å². The summed E-state index contributed by atoms with van der Waals surface area (Å²) < 4.78 is 23.9.